The molecule has 0 radical (unpaired) electrons. The SMILES string of the molecule is COc1ccc(-c2noc(CNC(=O)COc3cc(C)cc(C)c3)n2)c(OC)c1. The molecule has 0 spiro atoms. The number of carbonyl (C=O) groups excluding carboxylic acids is 1. The summed E-state index contributed by atoms with van der Waals surface area (Å²) >= 11 is 0. The predicted octanol–water partition coefficient (Wildman–Crippen LogP) is 3.07. The van der Waals surface area contributed by atoms with Crippen molar-refractivity contribution in [3.8, 4) is 28.6 Å². The zero-order chi connectivity index (χ0) is 20.8. The van der Waals surface area contributed by atoms with Crippen LogP contribution in [0.25, 0.3) is 11.4 Å². The second-order valence-corrected chi connectivity index (χ2v) is 6.47. The zero-order valence-corrected chi connectivity index (χ0v) is 16.8. The van der Waals surface area contributed by atoms with E-state index in [2.05, 4.69) is 15.5 Å². The summed E-state index contributed by atoms with van der Waals surface area (Å²) in [6.07, 6.45) is 0. The Hall–Kier alpha value is -3.55. The largest absolute Gasteiger partial charge is 0.497 e. The number of hydrogen-bond donors (Lipinski definition) is 1. The molecule has 2 aromatic carbocycles. The number of benzene rings is 2. The van der Waals surface area contributed by atoms with E-state index in [1.165, 1.54) is 0 Å². The second-order valence-electron chi connectivity index (χ2n) is 6.47. The molecule has 1 amide bonds. The Balaban J connectivity index is 1.57. The molecule has 0 aliphatic heterocycles. The minimum atomic E-state index is -0.286. The molecule has 1 heterocycles. The lowest BCUT2D eigenvalue weighted by atomic mass is 10.1. The minimum Gasteiger partial charge on any atom is -0.497 e. The molecule has 8 nitrogen and oxygen atoms in total. The molecule has 0 unspecified atom stereocenters. The molecule has 1 N–H and O–H groups in total. The van der Waals surface area contributed by atoms with Gasteiger partial charge >= 0.3 is 0 Å². The number of hydrogen-bond acceptors (Lipinski definition) is 7. The molecule has 152 valence electrons. The summed E-state index contributed by atoms with van der Waals surface area (Å²) < 4.78 is 21.3. The van der Waals surface area contributed by atoms with Gasteiger partial charge in [-0.2, -0.15) is 4.98 Å². The number of amides is 1. The monoisotopic (exact) mass is 397 g/mol. The Morgan fingerprint density at radius 1 is 1.03 bits per heavy atom. The van der Waals surface area contributed by atoms with Crippen LogP contribution in [0.3, 0.4) is 0 Å². The van der Waals surface area contributed by atoms with Gasteiger partial charge in [0.05, 0.1) is 26.3 Å². The number of aromatic nitrogens is 2. The van der Waals surface area contributed by atoms with Gasteiger partial charge in [0.1, 0.15) is 17.2 Å². The summed E-state index contributed by atoms with van der Waals surface area (Å²) in [6.45, 7) is 3.95. The summed E-state index contributed by atoms with van der Waals surface area (Å²) in [6, 6.07) is 11.1. The van der Waals surface area contributed by atoms with Gasteiger partial charge in [0.25, 0.3) is 5.91 Å². The van der Waals surface area contributed by atoms with Crippen molar-refractivity contribution >= 4 is 5.91 Å². The zero-order valence-electron chi connectivity index (χ0n) is 16.8. The summed E-state index contributed by atoms with van der Waals surface area (Å²) in [5.74, 6) is 2.22. The lowest BCUT2D eigenvalue weighted by Crippen LogP contribution is -2.28. The average Bonchev–Trinajstić information content (AvgIpc) is 3.18. The van der Waals surface area contributed by atoms with Crippen molar-refractivity contribution in [2.75, 3.05) is 20.8 Å². The van der Waals surface area contributed by atoms with Crippen LogP contribution in [0.5, 0.6) is 17.2 Å². The average molecular weight is 397 g/mol. The number of aryl methyl sites for hydroxylation is 2. The Labute approximate surface area is 168 Å². The molecule has 8 heteroatoms. The highest BCUT2D eigenvalue weighted by Crippen LogP contribution is 2.31. The van der Waals surface area contributed by atoms with E-state index < -0.39 is 0 Å². The number of nitrogens with one attached hydrogen (secondary N) is 1. The van der Waals surface area contributed by atoms with Crippen molar-refractivity contribution in [1.29, 1.82) is 0 Å². The Kier molecular flexibility index (Phi) is 6.33. The molecule has 0 atom stereocenters. The van der Waals surface area contributed by atoms with Crippen molar-refractivity contribution in [1.82, 2.24) is 15.5 Å². The van der Waals surface area contributed by atoms with Gasteiger partial charge in [-0.3, -0.25) is 4.79 Å². The number of methoxy groups -OCH3 is 2. The van der Waals surface area contributed by atoms with Crippen LogP contribution in [-0.2, 0) is 11.3 Å². The number of rotatable bonds is 8. The highest BCUT2D eigenvalue weighted by atomic mass is 16.5. The molecular formula is C21H23N3O5. The molecule has 0 saturated heterocycles. The third-order valence-electron chi connectivity index (χ3n) is 4.12. The van der Waals surface area contributed by atoms with Crippen molar-refractivity contribution in [3.63, 3.8) is 0 Å². The molecule has 0 aliphatic rings. The first kappa shape index (κ1) is 20.2. The van der Waals surface area contributed by atoms with E-state index in [0.29, 0.717) is 28.6 Å². The molecule has 0 aliphatic carbocycles. The van der Waals surface area contributed by atoms with Crippen molar-refractivity contribution in [2.24, 2.45) is 0 Å². The topological polar surface area (TPSA) is 95.7 Å². The smallest absolute Gasteiger partial charge is 0.258 e. The van der Waals surface area contributed by atoms with E-state index in [1.54, 1.807) is 32.4 Å². The van der Waals surface area contributed by atoms with Gasteiger partial charge in [0.2, 0.25) is 11.7 Å². The maximum absolute atomic E-state index is 12.0. The quantitative estimate of drug-likeness (QED) is 0.624. The van der Waals surface area contributed by atoms with Crippen LogP contribution in [-0.4, -0.2) is 36.9 Å². The van der Waals surface area contributed by atoms with Crippen LogP contribution < -0.4 is 19.5 Å². The maximum Gasteiger partial charge on any atom is 0.258 e. The summed E-state index contributed by atoms with van der Waals surface area (Å²) in [7, 11) is 3.13. The first-order valence-electron chi connectivity index (χ1n) is 9.01. The summed E-state index contributed by atoms with van der Waals surface area (Å²) in [5.41, 5.74) is 2.81. The Morgan fingerprint density at radius 3 is 2.48 bits per heavy atom. The minimum absolute atomic E-state index is 0.0977. The first-order chi connectivity index (χ1) is 14.0. The fraction of sp³-hybridized carbons (Fsp3) is 0.286. The highest BCUT2D eigenvalue weighted by molar-refractivity contribution is 5.77. The van der Waals surface area contributed by atoms with Gasteiger partial charge in [-0.15, -0.1) is 0 Å². The van der Waals surface area contributed by atoms with E-state index in [0.717, 1.165) is 11.1 Å². The van der Waals surface area contributed by atoms with Gasteiger partial charge in [-0.25, -0.2) is 0 Å². The Morgan fingerprint density at radius 2 is 1.79 bits per heavy atom. The summed E-state index contributed by atoms with van der Waals surface area (Å²) in [4.78, 5) is 16.4. The van der Waals surface area contributed by atoms with Crippen LogP contribution >= 0.6 is 0 Å². The molecule has 0 bridgehead atoms. The standard InChI is InChI=1S/C21H23N3O5/c1-13-7-14(2)9-16(8-13)28-12-19(25)22-11-20-23-21(24-29-20)17-6-5-15(26-3)10-18(17)27-4/h5-10H,11-12H2,1-4H3,(H,22,25). The first-order valence-corrected chi connectivity index (χ1v) is 9.01. The van der Waals surface area contributed by atoms with E-state index in [1.807, 2.05) is 32.0 Å². The van der Waals surface area contributed by atoms with E-state index in [9.17, 15) is 4.79 Å². The van der Waals surface area contributed by atoms with E-state index in [-0.39, 0.29) is 24.9 Å². The predicted molar refractivity (Wildman–Crippen MR) is 106 cm³/mol. The lowest BCUT2D eigenvalue weighted by molar-refractivity contribution is -0.123. The van der Waals surface area contributed by atoms with Gasteiger partial charge in [-0.05, 0) is 49.2 Å². The second kappa shape index (κ2) is 9.09. The number of nitrogens with zero attached hydrogens (tertiary/aromatic N) is 2. The molecular weight excluding hydrogens is 374 g/mol. The van der Waals surface area contributed by atoms with Gasteiger partial charge in [0, 0.05) is 6.07 Å². The van der Waals surface area contributed by atoms with Crippen LogP contribution in [0.15, 0.2) is 40.9 Å². The normalized spacial score (nSPS) is 10.5. The number of carbonyl (C=O) groups is 1. The maximum atomic E-state index is 12.0. The van der Waals surface area contributed by atoms with E-state index >= 15 is 0 Å². The molecule has 0 saturated carbocycles. The van der Waals surface area contributed by atoms with Crippen molar-refractivity contribution in [3.05, 3.63) is 53.4 Å². The molecule has 0 fully saturated rings. The molecule has 3 aromatic rings. The third-order valence-corrected chi connectivity index (χ3v) is 4.12. The van der Waals surface area contributed by atoms with Crippen LogP contribution in [0.2, 0.25) is 0 Å². The fourth-order valence-corrected chi connectivity index (χ4v) is 2.81. The van der Waals surface area contributed by atoms with Crippen molar-refractivity contribution < 1.29 is 23.5 Å². The van der Waals surface area contributed by atoms with Gasteiger partial charge in [-0.1, -0.05) is 11.2 Å². The van der Waals surface area contributed by atoms with Crippen LogP contribution in [0.4, 0.5) is 0 Å². The Bertz CT molecular complexity index is 979. The summed E-state index contributed by atoms with van der Waals surface area (Å²) in [5, 5.41) is 6.65. The molecule has 1 aromatic heterocycles. The van der Waals surface area contributed by atoms with Gasteiger partial charge < -0.3 is 24.1 Å². The molecule has 3 rings (SSSR count). The van der Waals surface area contributed by atoms with Crippen molar-refractivity contribution in [2.45, 2.75) is 20.4 Å². The highest BCUT2D eigenvalue weighted by Gasteiger charge is 2.15. The van der Waals surface area contributed by atoms with Crippen LogP contribution in [0, 0.1) is 13.8 Å². The molecule has 29 heavy (non-hydrogen) atoms. The third kappa shape index (κ3) is 5.25. The lowest BCUT2D eigenvalue weighted by Gasteiger charge is -2.08. The van der Waals surface area contributed by atoms with Gasteiger partial charge in [0.15, 0.2) is 6.61 Å². The number of ether oxygens (including phenoxy) is 3. The van der Waals surface area contributed by atoms with E-state index in [4.69, 9.17) is 18.7 Å². The van der Waals surface area contributed by atoms with Crippen LogP contribution in [0.1, 0.15) is 17.0 Å². The fourth-order valence-electron chi connectivity index (χ4n) is 2.81.